The van der Waals surface area contributed by atoms with Gasteiger partial charge in [0.25, 0.3) is 0 Å². The van der Waals surface area contributed by atoms with Gasteiger partial charge < -0.3 is 10.6 Å². The lowest BCUT2D eigenvalue weighted by molar-refractivity contribution is 0.572. The molecule has 1 fully saturated rings. The minimum absolute atomic E-state index is 0.312. The third-order valence-corrected chi connectivity index (χ3v) is 3.21. The van der Waals surface area contributed by atoms with Crippen LogP contribution >= 0.6 is 0 Å². The summed E-state index contributed by atoms with van der Waals surface area (Å²) in [6.45, 7) is 4.97. The van der Waals surface area contributed by atoms with Gasteiger partial charge in [-0.25, -0.2) is 9.97 Å². The van der Waals surface area contributed by atoms with Crippen molar-refractivity contribution in [2.24, 2.45) is 5.73 Å². The lowest BCUT2D eigenvalue weighted by atomic mass is 10.1. The van der Waals surface area contributed by atoms with Crippen molar-refractivity contribution in [2.45, 2.75) is 32.1 Å². The van der Waals surface area contributed by atoms with E-state index in [4.69, 9.17) is 5.73 Å². The number of piperidine rings is 1. The van der Waals surface area contributed by atoms with Crippen LogP contribution in [0.5, 0.6) is 0 Å². The Morgan fingerprint density at radius 2 is 2.06 bits per heavy atom. The molecule has 1 aliphatic rings. The van der Waals surface area contributed by atoms with Crippen LogP contribution < -0.4 is 10.6 Å². The molecule has 1 atom stereocenters. The SMILES string of the molecule is CC(CN)c1cc(N2CCCCC2)ncn1. The average Bonchev–Trinajstić information content (AvgIpc) is 2.39. The number of anilines is 1. The quantitative estimate of drug-likeness (QED) is 0.839. The van der Waals surface area contributed by atoms with Crippen molar-refractivity contribution >= 4 is 5.82 Å². The molecule has 1 unspecified atom stereocenters. The molecule has 1 aromatic heterocycles. The summed E-state index contributed by atoms with van der Waals surface area (Å²) < 4.78 is 0. The molecular formula is C12H20N4. The van der Waals surface area contributed by atoms with Gasteiger partial charge in [0.15, 0.2) is 0 Å². The fraction of sp³-hybridized carbons (Fsp3) is 0.667. The Labute approximate surface area is 96.9 Å². The fourth-order valence-corrected chi connectivity index (χ4v) is 2.05. The number of nitrogens with zero attached hydrogens (tertiary/aromatic N) is 3. The number of hydrogen-bond acceptors (Lipinski definition) is 4. The predicted molar refractivity (Wildman–Crippen MR) is 65.6 cm³/mol. The second-order valence-electron chi connectivity index (χ2n) is 4.49. The van der Waals surface area contributed by atoms with E-state index in [0.29, 0.717) is 12.5 Å². The molecule has 4 heteroatoms. The van der Waals surface area contributed by atoms with Gasteiger partial charge in [0.05, 0.1) is 0 Å². The van der Waals surface area contributed by atoms with E-state index in [2.05, 4.69) is 27.9 Å². The Hall–Kier alpha value is -1.16. The van der Waals surface area contributed by atoms with E-state index < -0.39 is 0 Å². The molecule has 2 rings (SSSR count). The molecule has 1 aliphatic heterocycles. The van der Waals surface area contributed by atoms with Crippen molar-refractivity contribution in [3.8, 4) is 0 Å². The van der Waals surface area contributed by atoms with E-state index in [1.54, 1.807) is 6.33 Å². The molecule has 16 heavy (non-hydrogen) atoms. The molecule has 2 heterocycles. The summed E-state index contributed by atoms with van der Waals surface area (Å²) in [5.41, 5.74) is 6.71. The maximum Gasteiger partial charge on any atom is 0.132 e. The van der Waals surface area contributed by atoms with E-state index in [9.17, 15) is 0 Å². The summed E-state index contributed by atoms with van der Waals surface area (Å²) in [5.74, 6) is 1.37. The molecule has 0 aromatic carbocycles. The van der Waals surface area contributed by atoms with E-state index in [0.717, 1.165) is 24.6 Å². The van der Waals surface area contributed by atoms with Crippen molar-refractivity contribution in [1.29, 1.82) is 0 Å². The first kappa shape index (κ1) is 11.3. The highest BCUT2D eigenvalue weighted by Crippen LogP contribution is 2.20. The van der Waals surface area contributed by atoms with Gasteiger partial charge in [-0.2, -0.15) is 0 Å². The smallest absolute Gasteiger partial charge is 0.132 e. The zero-order valence-corrected chi connectivity index (χ0v) is 9.89. The molecule has 2 N–H and O–H groups in total. The largest absolute Gasteiger partial charge is 0.357 e. The van der Waals surface area contributed by atoms with Gasteiger partial charge in [-0.3, -0.25) is 0 Å². The van der Waals surface area contributed by atoms with Gasteiger partial charge in [0, 0.05) is 37.3 Å². The fourth-order valence-electron chi connectivity index (χ4n) is 2.05. The molecule has 88 valence electrons. The van der Waals surface area contributed by atoms with Crippen LogP contribution in [0.25, 0.3) is 0 Å². The van der Waals surface area contributed by atoms with Gasteiger partial charge in [-0.05, 0) is 19.3 Å². The molecule has 4 nitrogen and oxygen atoms in total. The standard InChI is InChI=1S/C12H20N4/c1-10(8-13)11-7-12(15-9-14-11)16-5-3-2-4-6-16/h7,9-10H,2-6,8,13H2,1H3. The molecule has 0 amide bonds. The maximum absolute atomic E-state index is 5.66. The Balaban J connectivity index is 2.14. The molecular weight excluding hydrogens is 200 g/mol. The molecule has 0 bridgehead atoms. The van der Waals surface area contributed by atoms with Crippen LogP contribution in [0.4, 0.5) is 5.82 Å². The number of rotatable bonds is 3. The van der Waals surface area contributed by atoms with Crippen molar-refractivity contribution in [3.05, 3.63) is 18.1 Å². The Morgan fingerprint density at radius 1 is 1.31 bits per heavy atom. The maximum atomic E-state index is 5.66. The van der Waals surface area contributed by atoms with Gasteiger partial charge in [0.1, 0.15) is 12.1 Å². The summed E-state index contributed by atoms with van der Waals surface area (Å²) in [6, 6.07) is 2.09. The normalized spacial score (nSPS) is 18.5. The van der Waals surface area contributed by atoms with Gasteiger partial charge >= 0.3 is 0 Å². The topological polar surface area (TPSA) is 55.0 Å². The highest BCUT2D eigenvalue weighted by Gasteiger charge is 2.14. The third-order valence-electron chi connectivity index (χ3n) is 3.21. The summed E-state index contributed by atoms with van der Waals surface area (Å²) in [4.78, 5) is 11.0. The van der Waals surface area contributed by atoms with Gasteiger partial charge in [0.2, 0.25) is 0 Å². The van der Waals surface area contributed by atoms with E-state index in [-0.39, 0.29) is 0 Å². The second-order valence-corrected chi connectivity index (χ2v) is 4.49. The molecule has 1 saturated heterocycles. The first-order chi connectivity index (χ1) is 7.81. The van der Waals surface area contributed by atoms with Crippen LogP contribution in [0.2, 0.25) is 0 Å². The van der Waals surface area contributed by atoms with Crippen molar-refractivity contribution < 1.29 is 0 Å². The Kier molecular flexibility index (Phi) is 3.72. The zero-order valence-electron chi connectivity index (χ0n) is 9.89. The highest BCUT2D eigenvalue weighted by molar-refractivity contribution is 5.39. The van der Waals surface area contributed by atoms with Crippen LogP contribution in [0.1, 0.15) is 37.8 Å². The van der Waals surface area contributed by atoms with Crippen LogP contribution in [0.15, 0.2) is 12.4 Å². The Morgan fingerprint density at radius 3 is 2.75 bits per heavy atom. The van der Waals surface area contributed by atoms with E-state index in [1.165, 1.54) is 19.3 Å². The molecule has 0 radical (unpaired) electrons. The summed E-state index contributed by atoms with van der Waals surface area (Å²) >= 11 is 0. The molecule has 0 aliphatic carbocycles. The number of hydrogen-bond donors (Lipinski definition) is 1. The van der Waals surface area contributed by atoms with Crippen LogP contribution in [-0.2, 0) is 0 Å². The van der Waals surface area contributed by atoms with Gasteiger partial charge in [-0.15, -0.1) is 0 Å². The lowest BCUT2D eigenvalue weighted by Crippen LogP contribution is -2.30. The summed E-state index contributed by atoms with van der Waals surface area (Å²) in [6.07, 6.45) is 5.54. The van der Waals surface area contributed by atoms with E-state index in [1.807, 2.05) is 0 Å². The van der Waals surface area contributed by atoms with Crippen molar-refractivity contribution in [3.63, 3.8) is 0 Å². The monoisotopic (exact) mass is 220 g/mol. The minimum atomic E-state index is 0.312. The first-order valence-electron chi connectivity index (χ1n) is 6.08. The Bertz CT molecular complexity index is 334. The zero-order chi connectivity index (χ0) is 11.4. The lowest BCUT2D eigenvalue weighted by Gasteiger charge is -2.28. The number of aromatic nitrogens is 2. The van der Waals surface area contributed by atoms with Crippen LogP contribution in [0, 0.1) is 0 Å². The molecule has 0 saturated carbocycles. The predicted octanol–water partition coefficient (Wildman–Crippen LogP) is 1.53. The second kappa shape index (κ2) is 5.25. The highest BCUT2D eigenvalue weighted by atomic mass is 15.2. The molecule has 0 spiro atoms. The summed E-state index contributed by atoms with van der Waals surface area (Å²) in [5, 5.41) is 0. The average molecular weight is 220 g/mol. The van der Waals surface area contributed by atoms with E-state index >= 15 is 0 Å². The minimum Gasteiger partial charge on any atom is -0.357 e. The number of nitrogens with two attached hydrogens (primary N) is 1. The molecule has 1 aromatic rings. The summed E-state index contributed by atoms with van der Waals surface area (Å²) in [7, 11) is 0. The van der Waals surface area contributed by atoms with Crippen LogP contribution in [-0.4, -0.2) is 29.6 Å². The third kappa shape index (κ3) is 2.50. The van der Waals surface area contributed by atoms with Crippen molar-refractivity contribution in [2.75, 3.05) is 24.5 Å². The van der Waals surface area contributed by atoms with Crippen molar-refractivity contribution in [1.82, 2.24) is 9.97 Å². The van der Waals surface area contributed by atoms with Gasteiger partial charge in [-0.1, -0.05) is 6.92 Å². The van der Waals surface area contributed by atoms with Crippen LogP contribution in [0.3, 0.4) is 0 Å². The first-order valence-corrected chi connectivity index (χ1v) is 6.08.